The Morgan fingerprint density at radius 2 is 2.14 bits per heavy atom. The van der Waals surface area contributed by atoms with E-state index < -0.39 is 5.41 Å². The Bertz CT molecular complexity index is 1090. The van der Waals surface area contributed by atoms with Crippen molar-refractivity contribution in [3.8, 4) is 0 Å². The summed E-state index contributed by atoms with van der Waals surface area (Å²) in [6.07, 6.45) is 9.21. The first-order chi connectivity index (χ1) is 16.9. The molecule has 6 rings (SSSR count). The third-order valence-corrected chi connectivity index (χ3v) is 10.3. The van der Waals surface area contributed by atoms with Gasteiger partial charge in [-0.2, -0.15) is 0 Å². The number of ether oxygens (including phenoxy) is 1. The van der Waals surface area contributed by atoms with Gasteiger partial charge in [0.1, 0.15) is 5.82 Å². The predicted octanol–water partition coefficient (Wildman–Crippen LogP) is 4.72. The molecule has 4 aliphatic rings. The van der Waals surface area contributed by atoms with E-state index in [1.165, 1.54) is 22.7 Å². The normalized spacial score (nSPS) is 31.6. The number of hydrogen-bond donors (Lipinski definition) is 1. The van der Waals surface area contributed by atoms with Crippen molar-refractivity contribution in [3.05, 3.63) is 51.2 Å². The topological polar surface area (TPSA) is 54.5 Å². The first-order valence-electron chi connectivity index (χ1n) is 13.3. The fraction of sp³-hybridized carbons (Fsp3) is 0.643. The lowest BCUT2D eigenvalue weighted by molar-refractivity contribution is -0.126. The van der Waals surface area contributed by atoms with Crippen LogP contribution in [-0.4, -0.2) is 47.6 Å². The Hall–Kier alpha value is -1.83. The molecule has 2 aliphatic carbocycles. The van der Waals surface area contributed by atoms with Crippen LogP contribution >= 0.6 is 11.3 Å². The zero-order valence-corrected chi connectivity index (χ0v) is 21.6. The van der Waals surface area contributed by atoms with Crippen molar-refractivity contribution in [2.45, 2.75) is 88.3 Å². The fourth-order valence-electron chi connectivity index (χ4n) is 6.59. The molecule has 2 atom stereocenters. The minimum absolute atomic E-state index is 0.0702. The number of nitrogens with zero attached hydrogens (tertiary/aromatic N) is 2. The molecule has 7 heteroatoms. The molecule has 2 aromatic heterocycles. The number of thiophene rings is 1. The average molecular weight is 498 g/mol. The van der Waals surface area contributed by atoms with E-state index in [-0.39, 0.29) is 23.4 Å². The number of carbonyl (C=O) groups is 1. The largest absolute Gasteiger partial charge is 0.370 e. The van der Waals surface area contributed by atoms with E-state index in [9.17, 15) is 9.18 Å². The maximum Gasteiger partial charge on any atom is 0.232 e. The lowest BCUT2D eigenvalue weighted by atomic mass is 9.76. The van der Waals surface area contributed by atoms with E-state index in [0.717, 1.165) is 71.1 Å². The van der Waals surface area contributed by atoms with Gasteiger partial charge in [-0.05, 0) is 81.5 Å². The Morgan fingerprint density at radius 3 is 2.83 bits per heavy atom. The summed E-state index contributed by atoms with van der Waals surface area (Å²) in [6, 6.07) is 6.23. The van der Waals surface area contributed by atoms with E-state index in [0.29, 0.717) is 17.7 Å². The van der Waals surface area contributed by atoms with Crippen LogP contribution in [0, 0.1) is 11.7 Å². The minimum atomic E-state index is -0.535. The first-order valence-corrected chi connectivity index (χ1v) is 14.2. The zero-order valence-electron chi connectivity index (χ0n) is 20.8. The van der Waals surface area contributed by atoms with Crippen molar-refractivity contribution in [2.24, 2.45) is 5.92 Å². The number of nitrogens with one attached hydrogen (secondary N) is 1. The number of rotatable bonds is 6. The lowest BCUT2D eigenvalue weighted by Crippen LogP contribution is -2.54. The molecular formula is C28H36FN3O2S. The number of amides is 1. The summed E-state index contributed by atoms with van der Waals surface area (Å²) in [5.74, 6) is 0.341. The summed E-state index contributed by atoms with van der Waals surface area (Å²) in [5, 5.41) is 3.27. The van der Waals surface area contributed by atoms with Gasteiger partial charge in [-0.3, -0.25) is 9.78 Å². The summed E-state index contributed by atoms with van der Waals surface area (Å²) in [4.78, 5) is 22.9. The van der Waals surface area contributed by atoms with Crippen LogP contribution in [-0.2, 0) is 33.4 Å². The highest BCUT2D eigenvalue weighted by Crippen LogP contribution is 2.49. The second-order valence-corrected chi connectivity index (χ2v) is 12.5. The third kappa shape index (κ3) is 4.23. The van der Waals surface area contributed by atoms with Crippen molar-refractivity contribution in [1.29, 1.82) is 0 Å². The summed E-state index contributed by atoms with van der Waals surface area (Å²) >= 11 is 1.99. The van der Waals surface area contributed by atoms with Crippen LogP contribution in [0.4, 0.5) is 4.39 Å². The van der Waals surface area contributed by atoms with Crippen LogP contribution in [0.25, 0.3) is 0 Å². The zero-order chi connectivity index (χ0) is 24.2. The molecule has 1 N–H and O–H groups in total. The van der Waals surface area contributed by atoms with E-state index in [4.69, 9.17) is 4.74 Å². The molecule has 0 unspecified atom stereocenters. The van der Waals surface area contributed by atoms with Crippen LogP contribution < -0.4 is 5.32 Å². The molecule has 5 nitrogen and oxygen atoms in total. The molecular weight excluding hydrogens is 461 g/mol. The van der Waals surface area contributed by atoms with Gasteiger partial charge in [-0.15, -0.1) is 11.3 Å². The molecule has 2 aliphatic heterocycles. The highest BCUT2D eigenvalue weighted by molar-refractivity contribution is 7.12. The number of carbonyl (C=O) groups excluding carboxylic acids is 1. The Kier molecular flexibility index (Phi) is 6.01. The molecule has 2 saturated carbocycles. The SMILES string of the molecule is CCc1cc2c(s1)CCO[C@@]21CCN(CC2CC(NC(=O)C3(c4ccc(F)cn4)CC3)C2)[C@@H](C)C1. The quantitative estimate of drug-likeness (QED) is 0.627. The molecule has 0 radical (unpaired) electrons. The number of halogens is 1. The standard InChI is InChI=1S/C28H36FN3O2S/c1-3-22-14-23-24(35-22)6-11-34-28(23)9-10-32(18(2)15-28)17-19-12-21(13-19)31-26(33)27(7-8-27)25-5-4-20(29)16-30-25/h4-5,14,16,18-19,21H,3,6-13,15,17H2,1-2H3,(H,31,33)/t18-,19?,21?,28+/m0/s1. The molecule has 1 spiro atoms. The van der Waals surface area contributed by atoms with E-state index in [1.54, 1.807) is 10.9 Å². The summed E-state index contributed by atoms with van der Waals surface area (Å²) in [6.45, 7) is 7.63. The van der Waals surface area contributed by atoms with Crippen molar-refractivity contribution in [1.82, 2.24) is 15.2 Å². The lowest BCUT2D eigenvalue weighted by Gasteiger charge is -2.49. The summed E-state index contributed by atoms with van der Waals surface area (Å²) in [7, 11) is 0. The number of aromatic nitrogens is 1. The first kappa shape index (κ1) is 23.6. The van der Waals surface area contributed by atoms with Gasteiger partial charge in [0.2, 0.25) is 5.91 Å². The fourth-order valence-corrected chi connectivity index (χ4v) is 7.77. The van der Waals surface area contributed by atoms with Crippen molar-refractivity contribution < 1.29 is 13.9 Å². The van der Waals surface area contributed by atoms with Crippen LogP contribution in [0.2, 0.25) is 0 Å². The van der Waals surface area contributed by atoms with Crippen LogP contribution in [0.1, 0.15) is 73.4 Å². The van der Waals surface area contributed by atoms with Crippen molar-refractivity contribution >= 4 is 17.2 Å². The van der Waals surface area contributed by atoms with E-state index in [2.05, 4.69) is 35.1 Å². The monoisotopic (exact) mass is 497 g/mol. The number of aryl methyl sites for hydroxylation is 1. The molecule has 1 amide bonds. The molecule has 0 aromatic carbocycles. The second-order valence-electron chi connectivity index (χ2n) is 11.2. The van der Waals surface area contributed by atoms with Crippen LogP contribution in [0.5, 0.6) is 0 Å². The maximum absolute atomic E-state index is 13.2. The molecule has 2 aromatic rings. The molecule has 35 heavy (non-hydrogen) atoms. The molecule has 4 heterocycles. The van der Waals surface area contributed by atoms with Crippen molar-refractivity contribution in [3.63, 3.8) is 0 Å². The van der Waals surface area contributed by atoms with Gasteiger partial charge >= 0.3 is 0 Å². The van der Waals surface area contributed by atoms with Gasteiger partial charge in [0.25, 0.3) is 0 Å². The Labute approximate surface area is 211 Å². The van der Waals surface area contributed by atoms with Gasteiger partial charge in [0.05, 0.1) is 29.5 Å². The van der Waals surface area contributed by atoms with E-state index >= 15 is 0 Å². The average Bonchev–Trinajstić information content (AvgIpc) is 3.52. The van der Waals surface area contributed by atoms with Crippen LogP contribution in [0.15, 0.2) is 24.4 Å². The Balaban J connectivity index is 1.01. The van der Waals surface area contributed by atoms with Gasteiger partial charge in [0.15, 0.2) is 0 Å². The van der Waals surface area contributed by atoms with Gasteiger partial charge < -0.3 is 15.0 Å². The number of pyridine rings is 1. The van der Waals surface area contributed by atoms with Crippen LogP contribution in [0.3, 0.4) is 0 Å². The second kappa shape index (κ2) is 8.93. The minimum Gasteiger partial charge on any atom is -0.370 e. The number of likely N-dealkylation sites (tertiary alicyclic amines) is 1. The Morgan fingerprint density at radius 1 is 1.31 bits per heavy atom. The number of piperidine rings is 1. The molecule has 188 valence electrons. The maximum atomic E-state index is 13.2. The number of hydrogen-bond acceptors (Lipinski definition) is 5. The summed E-state index contributed by atoms with van der Waals surface area (Å²) < 4.78 is 19.7. The third-order valence-electron chi connectivity index (χ3n) is 8.92. The van der Waals surface area contributed by atoms with Crippen molar-refractivity contribution in [2.75, 3.05) is 19.7 Å². The van der Waals surface area contributed by atoms with Gasteiger partial charge in [-0.25, -0.2) is 4.39 Å². The van der Waals surface area contributed by atoms with Gasteiger partial charge in [-0.1, -0.05) is 6.92 Å². The van der Waals surface area contributed by atoms with E-state index in [1.807, 2.05) is 11.3 Å². The molecule has 0 bridgehead atoms. The van der Waals surface area contributed by atoms with Gasteiger partial charge in [0, 0.05) is 41.3 Å². The highest BCUT2D eigenvalue weighted by atomic mass is 32.1. The molecule has 1 saturated heterocycles. The number of fused-ring (bicyclic) bond motifs is 2. The summed E-state index contributed by atoms with van der Waals surface area (Å²) in [5.41, 5.74) is 1.56. The predicted molar refractivity (Wildman–Crippen MR) is 135 cm³/mol. The molecule has 3 fully saturated rings. The smallest absolute Gasteiger partial charge is 0.232 e. The highest BCUT2D eigenvalue weighted by Gasteiger charge is 2.53.